The third-order valence-electron chi connectivity index (χ3n) is 5.97. The Morgan fingerprint density at radius 2 is 1.55 bits per heavy atom. The van der Waals surface area contributed by atoms with Gasteiger partial charge in [-0.2, -0.15) is 0 Å². The Balaban J connectivity index is 1.31. The van der Waals surface area contributed by atoms with Crippen LogP contribution in [0, 0.1) is 0 Å². The average molecular weight is 536 g/mol. The summed E-state index contributed by atoms with van der Waals surface area (Å²) in [5.74, 6) is 2.82. The Labute approximate surface area is 232 Å². The highest BCUT2D eigenvalue weighted by Crippen LogP contribution is 2.28. The summed E-state index contributed by atoms with van der Waals surface area (Å²) in [6.45, 7) is 9.80. The molecule has 0 spiro atoms. The maximum Gasteiger partial charge on any atom is 0.254 e. The Morgan fingerprint density at radius 1 is 0.875 bits per heavy atom. The number of allylic oxidation sites excluding steroid dienone is 1. The molecule has 9 heteroatoms. The van der Waals surface area contributed by atoms with Crippen LogP contribution >= 0.6 is 0 Å². The molecule has 3 aromatic carbocycles. The van der Waals surface area contributed by atoms with Gasteiger partial charge in [-0.1, -0.05) is 31.4 Å². The predicted molar refractivity (Wildman–Crippen MR) is 154 cm³/mol. The van der Waals surface area contributed by atoms with Crippen LogP contribution in [0.3, 0.4) is 0 Å². The highest BCUT2D eigenvalue weighted by Gasteiger charge is 2.20. The van der Waals surface area contributed by atoms with Crippen LogP contribution in [0.5, 0.6) is 23.1 Å². The first kappa shape index (κ1) is 26.5. The number of aromatic nitrogens is 2. The number of rotatable bonds is 10. The first-order valence-electron chi connectivity index (χ1n) is 12.8. The summed E-state index contributed by atoms with van der Waals surface area (Å²) in [4.78, 5) is 23.5. The molecular formula is C31H29N5O4. The molecule has 0 bridgehead atoms. The van der Waals surface area contributed by atoms with Crippen molar-refractivity contribution in [2.75, 3.05) is 36.9 Å². The van der Waals surface area contributed by atoms with E-state index in [1.54, 1.807) is 41.3 Å². The van der Waals surface area contributed by atoms with Crippen molar-refractivity contribution in [2.24, 2.45) is 0 Å². The second-order valence-electron chi connectivity index (χ2n) is 8.91. The number of carbonyl (C=O) groups is 1. The van der Waals surface area contributed by atoms with Gasteiger partial charge in [0.25, 0.3) is 5.91 Å². The normalized spacial score (nSPS) is 12.8. The second kappa shape index (κ2) is 12.6. The number of morpholine rings is 1. The van der Waals surface area contributed by atoms with Crippen molar-refractivity contribution in [1.82, 2.24) is 14.9 Å². The molecule has 0 aliphatic carbocycles. The minimum Gasteiger partial charge on any atom is -0.457 e. The number of anilines is 3. The van der Waals surface area contributed by atoms with Crippen LogP contribution in [0.15, 0.2) is 110 Å². The van der Waals surface area contributed by atoms with Gasteiger partial charge in [0.15, 0.2) is 0 Å². The fraction of sp³-hybridized carbons (Fsp3) is 0.129. The fourth-order valence-corrected chi connectivity index (χ4v) is 4.01. The third-order valence-corrected chi connectivity index (χ3v) is 5.97. The standard InChI is InChI=1S/C31H29N5O4/c1-3-22(2)34-24-17-23(31(37)36-13-15-38-16-14-36)18-25(19-24)35-29-20-30(33-21-32-29)40-28-11-9-27(10-12-28)39-26-7-5-4-6-8-26/h3-12,17-21,34H,1-2,13-16H2,(H,32,33,35). The van der Waals surface area contributed by atoms with Gasteiger partial charge in [-0.25, -0.2) is 9.97 Å². The highest BCUT2D eigenvalue weighted by atomic mass is 16.5. The van der Waals surface area contributed by atoms with Gasteiger partial charge in [0.05, 0.1) is 13.2 Å². The molecule has 202 valence electrons. The zero-order valence-electron chi connectivity index (χ0n) is 21.9. The van der Waals surface area contributed by atoms with Crippen LogP contribution in [-0.2, 0) is 4.74 Å². The molecular weight excluding hydrogens is 506 g/mol. The van der Waals surface area contributed by atoms with Crippen LogP contribution in [0.4, 0.5) is 17.2 Å². The molecule has 2 N–H and O–H groups in total. The zero-order valence-corrected chi connectivity index (χ0v) is 21.9. The zero-order chi connectivity index (χ0) is 27.7. The van der Waals surface area contributed by atoms with E-state index in [4.69, 9.17) is 14.2 Å². The number of nitrogens with zero attached hydrogens (tertiary/aromatic N) is 3. The lowest BCUT2D eigenvalue weighted by Crippen LogP contribution is -2.40. The molecule has 1 fully saturated rings. The van der Waals surface area contributed by atoms with E-state index >= 15 is 0 Å². The number of amides is 1. The van der Waals surface area contributed by atoms with Crippen LogP contribution in [-0.4, -0.2) is 47.1 Å². The van der Waals surface area contributed by atoms with Gasteiger partial charge in [0.1, 0.15) is 29.4 Å². The van der Waals surface area contributed by atoms with Gasteiger partial charge in [0.2, 0.25) is 5.88 Å². The maximum atomic E-state index is 13.2. The van der Waals surface area contributed by atoms with Gasteiger partial charge >= 0.3 is 0 Å². The van der Waals surface area contributed by atoms with Gasteiger partial charge < -0.3 is 29.7 Å². The third kappa shape index (κ3) is 7.03. The molecule has 5 rings (SSSR count). The first-order chi connectivity index (χ1) is 19.6. The van der Waals surface area contributed by atoms with Crippen molar-refractivity contribution in [3.63, 3.8) is 0 Å². The van der Waals surface area contributed by atoms with Crippen LogP contribution < -0.4 is 20.1 Å². The molecule has 4 aromatic rings. The molecule has 1 aromatic heterocycles. The molecule has 1 aliphatic rings. The van der Waals surface area contributed by atoms with Gasteiger partial charge in [-0.15, -0.1) is 0 Å². The lowest BCUT2D eigenvalue weighted by atomic mass is 10.1. The SMILES string of the molecule is C=CC(=C)Nc1cc(Nc2cc(Oc3ccc(Oc4ccccc4)cc3)ncn2)cc(C(=O)N2CCOCC2)c1. The van der Waals surface area contributed by atoms with E-state index in [9.17, 15) is 4.79 Å². The molecule has 40 heavy (non-hydrogen) atoms. The number of benzene rings is 3. The quantitative estimate of drug-likeness (QED) is 0.226. The molecule has 1 aliphatic heterocycles. The van der Waals surface area contributed by atoms with Crippen molar-refractivity contribution >= 4 is 23.1 Å². The average Bonchev–Trinajstić information content (AvgIpc) is 2.99. The van der Waals surface area contributed by atoms with E-state index in [0.29, 0.717) is 72.1 Å². The van der Waals surface area contributed by atoms with Crippen LogP contribution in [0.1, 0.15) is 10.4 Å². The Bertz CT molecular complexity index is 1490. The molecule has 2 heterocycles. The first-order valence-corrected chi connectivity index (χ1v) is 12.8. The highest BCUT2D eigenvalue weighted by molar-refractivity contribution is 5.96. The van der Waals surface area contributed by atoms with Crippen molar-refractivity contribution in [3.8, 4) is 23.1 Å². The van der Waals surface area contributed by atoms with Crippen molar-refractivity contribution in [3.05, 3.63) is 116 Å². The van der Waals surface area contributed by atoms with Gasteiger partial charge in [-0.3, -0.25) is 4.79 Å². The summed E-state index contributed by atoms with van der Waals surface area (Å²) >= 11 is 0. The van der Waals surface area contributed by atoms with E-state index in [1.165, 1.54) is 6.33 Å². The van der Waals surface area contributed by atoms with Crippen molar-refractivity contribution < 1.29 is 19.0 Å². The summed E-state index contributed by atoms with van der Waals surface area (Å²) in [5.41, 5.74) is 2.48. The summed E-state index contributed by atoms with van der Waals surface area (Å²) in [5, 5.41) is 6.42. The number of nitrogens with one attached hydrogen (secondary N) is 2. The Morgan fingerprint density at radius 3 is 2.27 bits per heavy atom. The summed E-state index contributed by atoms with van der Waals surface area (Å²) < 4.78 is 17.2. The van der Waals surface area contributed by atoms with Crippen LogP contribution in [0.25, 0.3) is 0 Å². The Hall–Kier alpha value is -5.15. The minimum atomic E-state index is -0.0781. The monoisotopic (exact) mass is 535 g/mol. The molecule has 0 saturated carbocycles. The maximum absolute atomic E-state index is 13.2. The molecule has 0 radical (unpaired) electrons. The molecule has 0 atom stereocenters. The smallest absolute Gasteiger partial charge is 0.254 e. The second-order valence-corrected chi connectivity index (χ2v) is 8.91. The van der Waals surface area contributed by atoms with E-state index in [1.807, 2.05) is 48.5 Å². The van der Waals surface area contributed by atoms with Crippen LogP contribution in [0.2, 0.25) is 0 Å². The number of carbonyl (C=O) groups excluding carboxylic acids is 1. The number of para-hydroxylation sites is 1. The molecule has 1 saturated heterocycles. The topological polar surface area (TPSA) is 97.8 Å². The predicted octanol–water partition coefficient (Wildman–Crippen LogP) is 6.39. The lowest BCUT2D eigenvalue weighted by molar-refractivity contribution is 0.0303. The van der Waals surface area contributed by atoms with Gasteiger partial charge in [0, 0.05) is 41.8 Å². The molecule has 1 amide bonds. The summed E-state index contributed by atoms with van der Waals surface area (Å²) in [6.07, 6.45) is 3.02. The van der Waals surface area contributed by atoms with E-state index in [2.05, 4.69) is 33.8 Å². The minimum absolute atomic E-state index is 0.0781. The lowest BCUT2D eigenvalue weighted by Gasteiger charge is -2.27. The summed E-state index contributed by atoms with van der Waals surface area (Å²) in [6, 6.07) is 23.9. The summed E-state index contributed by atoms with van der Waals surface area (Å²) in [7, 11) is 0. The number of hydrogen-bond donors (Lipinski definition) is 2. The van der Waals surface area contributed by atoms with E-state index in [0.717, 1.165) is 5.75 Å². The largest absolute Gasteiger partial charge is 0.457 e. The van der Waals surface area contributed by atoms with Crippen molar-refractivity contribution in [1.29, 1.82) is 0 Å². The Kier molecular flexibility index (Phi) is 8.33. The van der Waals surface area contributed by atoms with E-state index in [-0.39, 0.29) is 5.91 Å². The molecule has 9 nitrogen and oxygen atoms in total. The number of ether oxygens (including phenoxy) is 3. The van der Waals surface area contributed by atoms with Crippen molar-refractivity contribution in [2.45, 2.75) is 0 Å². The molecule has 0 unspecified atom stereocenters. The number of hydrogen-bond acceptors (Lipinski definition) is 8. The van der Waals surface area contributed by atoms with E-state index < -0.39 is 0 Å². The van der Waals surface area contributed by atoms with Gasteiger partial charge in [-0.05, 0) is 60.7 Å². The fourth-order valence-electron chi connectivity index (χ4n) is 4.01.